The van der Waals surface area contributed by atoms with Crippen molar-refractivity contribution in [3.8, 4) is 0 Å². The number of nitro groups is 1. The lowest BCUT2D eigenvalue weighted by molar-refractivity contribution is -0.497. The molecular weight excluding hydrogens is 266 g/mol. The molecule has 0 saturated heterocycles. The van der Waals surface area contributed by atoms with Crippen LogP contribution in [0, 0.1) is 16.0 Å². The van der Waals surface area contributed by atoms with Crippen molar-refractivity contribution in [2.75, 3.05) is 5.32 Å². The largest absolute Gasteiger partial charge is 0.301 e. The van der Waals surface area contributed by atoms with Gasteiger partial charge >= 0.3 is 0 Å². The summed E-state index contributed by atoms with van der Waals surface area (Å²) in [7, 11) is 0. The number of rotatable bonds is 3. The quantitative estimate of drug-likeness (QED) is 0.522. The Hall–Kier alpha value is -1.50. The summed E-state index contributed by atoms with van der Waals surface area (Å²) in [5.74, 6) is -0.732. The van der Waals surface area contributed by atoms with Crippen LogP contribution in [0.15, 0.2) is 0 Å². The van der Waals surface area contributed by atoms with Crippen molar-refractivity contribution < 1.29 is 9.72 Å². The molecule has 0 aliphatic heterocycles. The molecule has 1 heterocycles. The fourth-order valence-electron chi connectivity index (χ4n) is 2.48. The first-order chi connectivity index (χ1) is 9.15. The zero-order valence-electron chi connectivity index (χ0n) is 10.4. The Morgan fingerprint density at radius 1 is 1.37 bits per heavy atom. The predicted octanol–water partition coefficient (Wildman–Crippen LogP) is 2.02. The SMILES string of the molecule is O=C(Nc1nc2c(s1)CCCCC2)C1CC1[N+](=O)[O-]. The third-order valence-corrected chi connectivity index (χ3v) is 4.76. The number of anilines is 1. The van der Waals surface area contributed by atoms with Gasteiger partial charge in [-0.3, -0.25) is 14.9 Å². The molecule has 0 aromatic carbocycles. The molecule has 1 aromatic heterocycles. The highest BCUT2D eigenvalue weighted by Crippen LogP contribution is 2.35. The van der Waals surface area contributed by atoms with E-state index in [4.69, 9.17) is 0 Å². The average Bonchev–Trinajstić information content (AvgIpc) is 3.12. The third-order valence-electron chi connectivity index (χ3n) is 3.69. The molecule has 0 bridgehead atoms. The highest BCUT2D eigenvalue weighted by Gasteiger charge is 2.53. The zero-order chi connectivity index (χ0) is 13.4. The molecule has 0 radical (unpaired) electrons. The number of amides is 1. The van der Waals surface area contributed by atoms with E-state index in [1.165, 1.54) is 29.1 Å². The Balaban J connectivity index is 1.64. The van der Waals surface area contributed by atoms with E-state index in [0.717, 1.165) is 25.0 Å². The lowest BCUT2D eigenvalue weighted by Crippen LogP contribution is -2.18. The number of nitrogens with zero attached hydrogens (tertiary/aromatic N) is 2. The molecule has 19 heavy (non-hydrogen) atoms. The van der Waals surface area contributed by atoms with Crippen LogP contribution in [-0.4, -0.2) is 21.9 Å². The zero-order valence-corrected chi connectivity index (χ0v) is 11.2. The molecule has 1 fully saturated rings. The first-order valence-electron chi connectivity index (χ1n) is 6.58. The van der Waals surface area contributed by atoms with Crippen LogP contribution < -0.4 is 5.32 Å². The highest BCUT2D eigenvalue weighted by atomic mass is 32.1. The Bertz CT molecular complexity index is 505. The first-order valence-corrected chi connectivity index (χ1v) is 7.40. The topological polar surface area (TPSA) is 85.1 Å². The number of carbonyl (C=O) groups is 1. The second kappa shape index (κ2) is 4.88. The minimum absolute atomic E-state index is 0.259. The number of thiazole rings is 1. The van der Waals surface area contributed by atoms with Crippen molar-refractivity contribution in [1.29, 1.82) is 0 Å². The predicted molar refractivity (Wildman–Crippen MR) is 70.9 cm³/mol. The Kier molecular flexibility index (Phi) is 3.22. The van der Waals surface area contributed by atoms with Gasteiger partial charge in [0.1, 0.15) is 5.92 Å². The van der Waals surface area contributed by atoms with Crippen LogP contribution in [0.2, 0.25) is 0 Å². The van der Waals surface area contributed by atoms with Crippen LogP contribution in [0.1, 0.15) is 36.3 Å². The summed E-state index contributed by atoms with van der Waals surface area (Å²) in [4.78, 5) is 27.7. The summed E-state index contributed by atoms with van der Waals surface area (Å²) in [6, 6.07) is -0.696. The van der Waals surface area contributed by atoms with Gasteiger partial charge in [0.2, 0.25) is 11.9 Å². The van der Waals surface area contributed by atoms with E-state index in [2.05, 4.69) is 10.3 Å². The van der Waals surface area contributed by atoms with Crippen LogP contribution in [0.3, 0.4) is 0 Å². The van der Waals surface area contributed by atoms with Crippen LogP contribution in [0.25, 0.3) is 0 Å². The molecule has 0 spiro atoms. The number of carbonyl (C=O) groups excluding carboxylic acids is 1. The minimum atomic E-state index is -0.696. The number of nitrogens with one attached hydrogen (secondary N) is 1. The molecule has 7 heteroatoms. The summed E-state index contributed by atoms with van der Waals surface area (Å²) in [6.45, 7) is 0. The molecule has 102 valence electrons. The molecular formula is C12H15N3O3S. The van der Waals surface area contributed by atoms with Crippen molar-refractivity contribution in [1.82, 2.24) is 4.98 Å². The van der Waals surface area contributed by atoms with E-state index < -0.39 is 12.0 Å². The fraction of sp³-hybridized carbons (Fsp3) is 0.667. The highest BCUT2D eigenvalue weighted by molar-refractivity contribution is 7.15. The van der Waals surface area contributed by atoms with Gasteiger partial charge in [-0.15, -0.1) is 11.3 Å². The molecule has 6 nitrogen and oxygen atoms in total. The monoisotopic (exact) mass is 281 g/mol. The molecule has 1 N–H and O–H groups in total. The number of hydrogen-bond donors (Lipinski definition) is 1. The molecule has 2 atom stereocenters. The Morgan fingerprint density at radius 2 is 2.16 bits per heavy atom. The van der Waals surface area contributed by atoms with Crippen molar-refractivity contribution >= 4 is 22.4 Å². The van der Waals surface area contributed by atoms with Crippen molar-refractivity contribution in [2.45, 2.75) is 44.6 Å². The maximum atomic E-state index is 11.8. The van der Waals surface area contributed by atoms with E-state index >= 15 is 0 Å². The average molecular weight is 281 g/mol. The molecule has 2 unspecified atom stereocenters. The van der Waals surface area contributed by atoms with E-state index in [1.807, 2.05) is 0 Å². The molecule has 1 saturated carbocycles. The van der Waals surface area contributed by atoms with Gasteiger partial charge in [-0.05, 0) is 25.7 Å². The lowest BCUT2D eigenvalue weighted by Gasteiger charge is -1.98. The molecule has 1 aromatic rings. The Labute approximate surface area is 114 Å². The number of hydrogen-bond acceptors (Lipinski definition) is 5. The standard InChI is InChI=1S/C12H15N3O3S/c16-11(7-6-9(7)15(17)18)14-12-13-8-4-2-1-3-5-10(8)19-12/h7,9H,1-6H2,(H,13,14,16). The summed E-state index contributed by atoms with van der Waals surface area (Å²) in [5.41, 5.74) is 1.10. The summed E-state index contributed by atoms with van der Waals surface area (Å²) >= 11 is 1.52. The van der Waals surface area contributed by atoms with E-state index in [1.54, 1.807) is 0 Å². The van der Waals surface area contributed by atoms with Crippen molar-refractivity contribution in [3.05, 3.63) is 20.7 Å². The van der Waals surface area contributed by atoms with Gasteiger partial charge < -0.3 is 5.32 Å². The second-order valence-corrected chi connectivity index (χ2v) is 6.22. The minimum Gasteiger partial charge on any atom is -0.301 e. The van der Waals surface area contributed by atoms with Gasteiger partial charge in [0.05, 0.1) is 5.69 Å². The van der Waals surface area contributed by atoms with Gasteiger partial charge in [-0.1, -0.05) is 6.42 Å². The van der Waals surface area contributed by atoms with Gasteiger partial charge in [0.25, 0.3) is 0 Å². The molecule has 2 aliphatic carbocycles. The smallest absolute Gasteiger partial charge is 0.236 e. The normalized spacial score (nSPS) is 25.3. The Morgan fingerprint density at radius 3 is 2.89 bits per heavy atom. The second-order valence-electron chi connectivity index (χ2n) is 5.13. The first kappa shape index (κ1) is 12.5. The van der Waals surface area contributed by atoms with Crippen molar-refractivity contribution in [3.63, 3.8) is 0 Å². The van der Waals surface area contributed by atoms with Gasteiger partial charge in [0.15, 0.2) is 5.13 Å². The summed E-state index contributed by atoms with van der Waals surface area (Å²) in [6.07, 6.45) is 5.92. The number of fused-ring (bicyclic) bond motifs is 1. The van der Waals surface area contributed by atoms with Crippen LogP contribution >= 0.6 is 11.3 Å². The molecule has 3 rings (SSSR count). The van der Waals surface area contributed by atoms with Crippen LogP contribution in [0.4, 0.5) is 5.13 Å². The van der Waals surface area contributed by atoms with Crippen LogP contribution in [0.5, 0.6) is 0 Å². The molecule has 1 amide bonds. The van der Waals surface area contributed by atoms with E-state index in [0.29, 0.717) is 11.6 Å². The van der Waals surface area contributed by atoms with E-state index in [-0.39, 0.29) is 10.8 Å². The summed E-state index contributed by atoms with van der Waals surface area (Å²) < 4.78 is 0. The van der Waals surface area contributed by atoms with Gasteiger partial charge in [-0.2, -0.15) is 0 Å². The van der Waals surface area contributed by atoms with Crippen molar-refractivity contribution in [2.24, 2.45) is 5.92 Å². The number of aromatic nitrogens is 1. The van der Waals surface area contributed by atoms with E-state index in [9.17, 15) is 14.9 Å². The maximum absolute atomic E-state index is 11.8. The third kappa shape index (κ3) is 2.60. The fourth-order valence-corrected chi connectivity index (χ4v) is 3.53. The maximum Gasteiger partial charge on any atom is 0.236 e. The van der Waals surface area contributed by atoms with Crippen LogP contribution in [-0.2, 0) is 17.6 Å². The lowest BCUT2D eigenvalue weighted by atomic mass is 10.2. The molecule has 2 aliphatic rings. The van der Waals surface area contributed by atoms with Gasteiger partial charge in [0, 0.05) is 16.2 Å². The summed E-state index contributed by atoms with van der Waals surface area (Å²) in [5, 5.41) is 13.9. The number of aryl methyl sites for hydroxylation is 2. The van der Waals surface area contributed by atoms with Gasteiger partial charge in [-0.25, -0.2) is 4.98 Å².